The molecule has 2 aliphatic rings. The lowest BCUT2D eigenvalue weighted by molar-refractivity contribution is 0.0339. The van der Waals surface area contributed by atoms with Crippen LogP contribution in [0, 0.1) is 0 Å². The van der Waals surface area contributed by atoms with Crippen molar-refractivity contribution in [3.63, 3.8) is 0 Å². The van der Waals surface area contributed by atoms with Crippen LogP contribution in [-0.2, 0) is 11.3 Å². The molecule has 2 aromatic heterocycles. The summed E-state index contributed by atoms with van der Waals surface area (Å²) in [6, 6.07) is 23.1. The molecule has 2 N–H and O–H groups in total. The number of thiophene rings is 1. The first-order valence-corrected chi connectivity index (χ1v) is 15.7. The number of carbonyl (C=O) groups excluding carboxylic acids is 2. The molecule has 0 aliphatic carbocycles. The number of ether oxygens (including phenoxy) is 2. The number of hydrogen-bond acceptors (Lipinski definition) is 9. The molecule has 0 unspecified atom stereocenters. The molecular weight excluding hydrogens is 597 g/mol. The third-order valence-corrected chi connectivity index (χ3v) is 9.55. The highest BCUT2D eigenvalue weighted by atomic mass is 32.2. The number of rotatable bonds is 8. The van der Waals surface area contributed by atoms with E-state index in [-0.39, 0.29) is 5.91 Å². The van der Waals surface area contributed by atoms with Gasteiger partial charge >= 0.3 is 6.03 Å². The summed E-state index contributed by atoms with van der Waals surface area (Å²) >= 11 is 2.85. The van der Waals surface area contributed by atoms with Crippen LogP contribution in [0.1, 0.15) is 15.2 Å². The molecule has 12 heteroatoms. The maximum absolute atomic E-state index is 13.6. The highest BCUT2D eigenvalue weighted by molar-refractivity contribution is 7.99. The zero-order valence-electron chi connectivity index (χ0n) is 23.8. The van der Waals surface area contributed by atoms with Crippen molar-refractivity contribution < 1.29 is 19.1 Å². The van der Waals surface area contributed by atoms with Gasteiger partial charge in [0.2, 0.25) is 0 Å². The highest BCUT2D eigenvalue weighted by Gasteiger charge is 2.34. The van der Waals surface area contributed by atoms with Gasteiger partial charge in [-0.15, -0.1) is 11.3 Å². The lowest BCUT2D eigenvalue weighted by atomic mass is 10.1. The third-order valence-electron chi connectivity index (χ3n) is 7.44. The van der Waals surface area contributed by atoms with Crippen LogP contribution in [0.5, 0.6) is 5.75 Å². The van der Waals surface area contributed by atoms with E-state index in [1.807, 2.05) is 60.7 Å². The molecule has 0 radical (unpaired) electrons. The van der Waals surface area contributed by atoms with Gasteiger partial charge in [-0.2, -0.15) is 0 Å². The molecule has 4 heterocycles. The predicted molar refractivity (Wildman–Crippen MR) is 173 cm³/mol. The Morgan fingerprint density at radius 1 is 1.05 bits per heavy atom. The summed E-state index contributed by atoms with van der Waals surface area (Å²) in [4.78, 5) is 42.9. The Hall–Kier alpha value is -4.49. The molecular formula is C32H28N6O4S2. The molecule has 1 saturated heterocycles. The second kappa shape index (κ2) is 12.2. The number of carbonyl (C=O) groups is 2. The lowest BCUT2D eigenvalue weighted by Crippen LogP contribution is -2.35. The van der Waals surface area contributed by atoms with E-state index in [0.29, 0.717) is 56.9 Å². The van der Waals surface area contributed by atoms with Gasteiger partial charge in [0.15, 0.2) is 5.82 Å². The van der Waals surface area contributed by atoms with Gasteiger partial charge in [-0.1, -0.05) is 36.0 Å². The SMILES string of the molecule is COc1cc(NC(=O)c2sc3ncnc4c3c2NC(=O)N4c2ccc(Sc3ccccc3)cc2)ccc1CN1CCOCC1. The van der Waals surface area contributed by atoms with Gasteiger partial charge in [-0.05, 0) is 42.5 Å². The Morgan fingerprint density at radius 3 is 2.59 bits per heavy atom. The molecule has 2 aliphatic heterocycles. The van der Waals surface area contributed by atoms with Gasteiger partial charge in [0.1, 0.15) is 21.8 Å². The Balaban J connectivity index is 1.13. The lowest BCUT2D eigenvalue weighted by Gasteiger charge is -2.27. The van der Waals surface area contributed by atoms with Gasteiger partial charge < -0.3 is 20.1 Å². The molecule has 5 aromatic rings. The van der Waals surface area contributed by atoms with Crippen LogP contribution in [0.2, 0.25) is 0 Å². The van der Waals surface area contributed by atoms with Crippen molar-refractivity contribution in [1.29, 1.82) is 0 Å². The topological polar surface area (TPSA) is 109 Å². The van der Waals surface area contributed by atoms with Crippen molar-refractivity contribution in [2.24, 2.45) is 0 Å². The monoisotopic (exact) mass is 624 g/mol. The fourth-order valence-corrected chi connectivity index (χ4v) is 7.12. The Morgan fingerprint density at radius 2 is 1.82 bits per heavy atom. The summed E-state index contributed by atoms with van der Waals surface area (Å²) in [5, 5.41) is 6.53. The summed E-state index contributed by atoms with van der Waals surface area (Å²) in [6.07, 6.45) is 1.42. The van der Waals surface area contributed by atoms with E-state index in [0.717, 1.165) is 35.0 Å². The van der Waals surface area contributed by atoms with Crippen molar-refractivity contribution in [2.75, 3.05) is 48.9 Å². The quantitative estimate of drug-likeness (QED) is 0.198. The number of morpholine rings is 1. The van der Waals surface area contributed by atoms with Crippen molar-refractivity contribution in [3.8, 4) is 5.75 Å². The molecule has 7 rings (SSSR count). The number of nitrogens with zero attached hydrogens (tertiary/aromatic N) is 4. The number of hydrogen-bond donors (Lipinski definition) is 2. The molecule has 0 atom stereocenters. The van der Waals surface area contributed by atoms with Crippen LogP contribution in [0.3, 0.4) is 0 Å². The van der Waals surface area contributed by atoms with Crippen molar-refractivity contribution in [1.82, 2.24) is 14.9 Å². The van der Waals surface area contributed by atoms with Crippen LogP contribution in [0.4, 0.5) is 27.7 Å². The van der Waals surface area contributed by atoms with E-state index in [2.05, 4.69) is 37.6 Å². The average Bonchev–Trinajstić information content (AvgIpc) is 3.43. The van der Waals surface area contributed by atoms with E-state index in [1.165, 1.54) is 22.6 Å². The van der Waals surface area contributed by atoms with Crippen LogP contribution >= 0.6 is 23.1 Å². The first-order chi connectivity index (χ1) is 21.6. The summed E-state index contributed by atoms with van der Waals surface area (Å²) < 4.78 is 11.1. The number of methoxy groups -OCH3 is 1. The number of amides is 3. The molecule has 10 nitrogen and oxygen atoms in total. The Kier molecular flexibility index (Phi) is 7.88. The molecule has 0 spiro atoms. The molecule has 3 amide bonds. The van der Waals surface area contributed by atoms with Crippen LogP contribution in [0.25, 0.3) is 10.2 Å². The number of anilines is 4. The van der Waals surface area contributed by atoms with Gasteiger partial charge in [0.05, 0.1) is 37.1 Å². The van der Waals surface area contributed by atoms with Gasteiger partial charge in [-0.25, -0.2) is 19.7 Å². The number of aromatic nitrogens is 2. The van der Waals surface area contributed by atoms with E-state index in [1.54, 1.807) is 18.9 Å². The minimum atomic E-state index is -0.400. The largest absolute Gasteiger partial charge is 0.496 e. The summed E-state index contributed by atoms with van der Waals surface area (Å²) in [5.41, 5.74) is 2.69. The summed E-state index contributed by atoms with van der Waals surface area (Å²) in [5.74, 6) is 0.770. The Bertz CT molecular complexity index is 1840. The van der Waals surface area contributed by atoms with Gasteiger partial charge in [-0.3, -0.25) is 9.69 Å². The fourth-order valence-electron chi connectivity index (χ4n) is 5.29. The van der Waals surface area contributed by atoms with Gasteiger partial charge in [0.25, 0.3) is 5.91 Å². The number of nitrogens with one attached hydrogen (secondary N) is 2. The maximum atomic E-state index is 13.6. The van der Waals surface area contributed by atoms with Crippen molar-refractivity contribution in [3.05, 3.63) is 89.6 Å². The number of benzene rings is 3. The average molecular weight is 625 g/mol. The Labute approximate surface area is 262 Å². The number of urea groups is 1. The maximum Gasteiger partial charge on any atom is 0.332 e. The first kappa shape index (κ1) is 28.3. The first-order valence-electron chi connectivity index (χ1n) is 14.1. The zero-order chi connectivity index (χ0) is 30.0. The molecule has 0 bridgehead atoms. The zero-order valence-corrected chi connectivity index (χ0v) is 25.4. The standard InChI is InChI=1S/C32H28N6O4S2/c1-41-25-17-21(8-7-20(25)18-37-13-15-42-16-14-37)35-30(39)28-27-26-29(33-19-34-31(26)44-28)38(32(40)36-27)22-9-11-24(12-10-22)43-23-5-3-2-4-6-23/h2-12,17,19H,13-16,18H2,1H3,(H,35,39)(H,36,40). The molecule has 1 fully saturated rings. The van der Waals surface area contributed by atoms with E-state index >= 15 is 0 Å². The molecule has 44 heavy (non-hydrogen) atoms. The minimum absolute atomic E-state index is 0.348. The van der Waals surface area contributed by atoms with Crippen molar-refractivity contribution >= 4 is 68.1 Å². The van der Waals surface area contributed by atoms with Crippen LogP contribution in [-0.4, -0.2) is 60.2 Å². The van der Waals surface area contributed by atoms with E-state index in [9.17, 15) is 9.59 Å². The smallest absolute Gasteiger partial charge is 0.332 e. The van der Waals surface area contributed by atoms with E-state index < -0.39 is 6.03 Å². The minimum Gasteiger partial charge on any atom is -0.496 e. The van der Waals surface area contributed by atoms with Crippen LogP contribution in [0.15, 0.2) is 88.9 Å². The predicted octanol–water partition coefficient (Wildman–Crippen LogP) is 6.62. The van der Waals surface area contributed by atoms with Gasteiger partial charge in [0, 0.05) is 46.7 Å². The third kappa shape index (κ3) is 5.60. The summed E-state index contributed by atoms with van der Waals surface area (Å²) in [6.45, 7) is 3.90. The fraction of sp³-hybridized carbons (Fsp3) is 0.188. The normalized spacial score (nSPS) is 14.8. The second-order valence-corrected chi connectivity index (χ2v) is 12.4. The molecule has 0 saturated carbocycles. The molecule has 3 aromatic carbocycles. The second-order valence-electron chi connectivity index (χ2n) is 10.2. The highest BCUT2D eigenvalue weighted by Crippen LogP contribution is 2.45. The van der Waals surface area contributed by atoms with Crippen molar-refractivity contribution in [2.45, 2.75) is 16.3 Å². The van der Waals surface area contributed by atoms with E-state index in [4.69, 9.17) is 9.47 Å². The molecule has 222 valence electrons. The van der Waals surface area contributed by atoms with Crippen LogP contribution < -0.4 is 20.3 Å². The summed E-state index contributed by atoms with van der Waals surface area (Å²) in [7, 11) is 1.62.